The van der Waals surface area contributed by atoms with Crippen LogP contribution in [-0.2, 0) is 6.54 Å². The van der Waals surface area contributed by atoms with Crippen molar-refractivity contribution in [2.45, 2.75) is 95.7 Å². The highest BCUT2D eigenvalue weighted by atomic mass is 16.6. The van der Waals surface area contributed by atoms with Crippen molar-refractivity contribution in [1.29, 1.82) is 0 Å². The number of nitrogens with two attached hydrogens (primary N) is 1. The molecule has 6 nitrogen and oxygen atoms in total. The summed E-state index contributed by atoms with van der Waals surface area (Å²) in [6.07, 6.45) is 14.3. The second-order valence-electron chi connectivity index (χ2n) is 11.5. The summed E-state index contributed by atoms with van der Waals surface area (Å²) in [6, 6.07) is 15.1. The third kappa shape index (κ3) is 6.24. The molecule has 0 radical (unpaired) electrons. The Balaban J connectivity index is 1.48. The number of nitrogens with one attached hydrogen (secondary N) is 1. The Labute approximate surface area is 220 Å². The molecule has 2 fully saturated rings. The molecule has 0 bridgehead atoms. The standard InChI is InChI=1S/C31H42N4O2/c1-22-6-5-9-24(18-22)28(16-17-33-26-12-10-25(32)11-13-26)30-21-34(20-23-7-3-2-4-8-23)31-15-14-27(35(36)37)19-29(30)31/h5-6,9,14-15,18-19,21,23,25-26,28,33H,2-4,7-8,10-13,16-17,20,32H2,1H3/t25-,26-,28?. The lowest BCUT2D eigenvalue weighted by Crippen LogP contribution is -2.38. The Hall–Kier alpha value is -2.70. The van der Waals surface area contributed by atoms with E-state index in [0.717, 1.165) is 56.1 Å². The topological polar surface area (TPSA) is 86.1 Å². The van der Waals surface area contributed by atoms with E-state index in [1.807, 2.05) is 6.07 Å². The Morgan fingerprint density at radius 1 is 1.05 bits per heavy atom. The Morgan fingerprint density at radius 2 is 1.84 bits per heavy atom. The van der Waals surface area contributed by atoms with E-state index in [-0.39, 0.29) is 16.5 Å². The van der Waals surface area contributed by atoms with Crippen molar-refractivity contribution in [3.8, 4) is 0 Å². The van der Waals surface area contributed by atoms with E-state index in [2.05, 4.69) is 47.3 Å². The van der Waals surface area contributed by atoms with E-state index < -0.39 is 0 Å². The minimum Gasteiger partial charge on any atom is -0.347 e. The molecule has 6 heteroatoms. The quantitative estimate of drug-likeness (QED) is 0.248. The summed E-state index contributed by atoms with van der Waals surface area (Å²) in [5, 5.41) is 16.5. The van der Waals surface area contributed by atoms with Crippen molar-refractivity contribution in [3.05, 3.63) is 75.5 Å². The molecule has 1 unspecified atom stereocenters. The van der Waals surface area contributed by atoms with Crippen LogP contribution in [0, 0.1) is 23.0 Å². The van der Waals surface area contributed by atoms with E-state index in [0.29, 0.717) is 18.0 Å². The summed E-state index contributed by atoms with van der Waals surface area (Å²) in [6.45, 7) is 4.05. The number of fused-ring (bicyclic) bond motifs is 1. The van der Waals surface area contributed by atoms with E-state index in [1.54, 1.807) is 12.1 Å². The van der Waals surface area contributed by atoms with Gasteiger partial charge >= 0.3 is 0 Å². The van der Waals surface area contributed by atoms with Crippen LogP contribution < -0.4 is 11.1 Å². The SMILES string of the molecule is Cc1cccc(C(CCN[C@H]2CC[C@H](N)CC2)c2cn(CC3CCCCC3)c3ccc([N+](=O)[O-])cc23)c1. The Kier molecular flexibility index (Phi) is 8.26. The number of nitro groups is 1. The number of hydrogen-bond donors (Lipinski definition) is 2. The van der Waals surface area contributed by atoms with E-state index in [4.69, 9.17) is 5.73 Å². The lowest BCUT2D eigenvalue weighted by molar-refractivity contribution is -0.384. The van der Waals surface area contributed by atoms with Crippen molar-refractivity contribution in [1.82, 2.24) is 9.88 Å². The van der Waals surface area contributed by atoms with Crippen molar-refractivity contribution < 1.29 is 4.92 Å². The van der Waals surface area contributed by atoms with Crippen LogP contribution in [0.5, 0.6) is 0 Å². The molecule has 0 spiro atoms. The Morgan fingerprint density at radius 3 is 2.57 bits per heavy atom. The molecule has 3 aromatic rings. The maximum atomic E-state index is 11.7. The minimum atomic E-state index is -0.265. The smallest absolute Gasteiger partial charge is 0.270 e. The van der Waals surface area contributed by atoms with Crippen LogP contribution >= 0.6 is 0 Å². The molecule has 2 aromatic carbocycles. The predicted molar refractivity (Wildman–Crippen MR) is 151 cm³/mol. The molecule has 2 saturated carbocycles. The van der Waals surface area contributed by atoms with Crippen molar-refractivity contribution in [2.75, 3.05) is 6.54 Å². The first-order chi connectivity index (χ1) is 18.0. The number of rotatable bonds is 9. The number of aryl methyl sites for hydroxylation is 1. The highest BCUT2D eigenvalue weighted by Gasteiger charge is 2.24. The number of nitro benzene ring substituents is 1. The molecule has 0 amide bonds. The molecule has 1 aromatic heterocycles. The first kappa shape index (κ1) is 25.9. The fourth-order valence-electron chi connectivity index (χ4n) is 6.65. The molecule has 1 heterocycles. The normalized spacial score (nSPS) is 21.8. The van der Waals surface area contributed by atoms with Crippen LogP contribution in [0.3, 0.4) is 0 Å². The summed E-state index contributed by atoms with van der Waals surface area (Å²) in [7, 11) is 0. The molecule has 0 aliphatic heterocycles. The number of benzene rings is 2. The van der Waals surface area contributed by atoms with Gasteiger partial charge in [0.25, 0.3) is 5.69 Å². The molecular weight excluding hydrogens is 460 g/mol. The zero-order chi connectivity index (χ0) is 25.8. The van der Waals surface area contributed by atoms with E-state index in [1.165, 1.54) is 48.8 Å². The second-order valence-corrected chi connectivity index (χ2v) is 11.5. The highest BCUT2D eigenvalue weighted by Crippen LogP contribution is 2.38. The molecule has 3 N–H and O–H groups in total. The van der Waals surface area contributed by atoms with Crippen LogP contribution in [0.2, 0.25) is 0 Å². The van der Waals surface area contributed by atoms with Crippen molar-refractivity contribution in [2.24, 2.45) is 11.7 Å². The summed E-state index contributed by atoms with van der Waals surface area (Å²) in [5.74, 6) is 0.861. The minimum absolute atomic E-state index is 0.170. The average molecular weight is 503 g/mol. The largest absolute Gasteiger partial charge is 0.347 e. The molecule has 5 rings (SSSR count). The maximum Gasteiger partial charge on any atom is 0.270 e. The molecule has 2 aliphatic rings. The van der Waals surface area contributed by atoms with Gasteiger partial charge in [0, 0.05) is 53.8 Å². The number of aromatic nitrogens is 1. The van der Waals surface area contributed by atoms with Gasteiger partial charge in [0.2, 0.25) is 0 Å². The first-order valence-corrected chi connectivity index (χ1v) is 14.3. The van der Waals surface area contributed by atoms with Gasteiger partial charge in [-0.3, -0.25) is 10.1 Å². The molecule has 198 valence electrons. The molecule has 37 heavy (non-hydrogen) atoms. The van der Waals surface area contributed by atoms with Gasteiger partial charge in [-0.15, -0.1) is 0 Å². The molecule has 2 aliphatic carbocycles. The zero-order valence-corrected chi connectivity index (χ0v) is 22.2. The lowest BCUT2D eigenvalue weighted by atomic mass is 9.87. The summed E-state index contributed by atoms with van der Waals surface area (Å²) < 4.78 is 2.39. The number of hydrogen-bond acceptors (Lipinski definition) is 4. The van der Waals surface area contributed by atoms with Gasteiger partial charge in [-0.25, -0.2) is 0 Å². The van der Waals surface area contributed by atoms with Gasteiger partial charge < -0.3 is 15.6 Å². The van der Waals surface area contributed by atoms with Crippen LogP contribution in [0.4, 0.5) is 5.69 Å². The van der Waals surface area contributed by atoms with Crippen LogP contribution in [-0.4, -0.2) is 28.1 Å². The fourth-order valence-corrected chi connectivity index (χ4v) is 6.65. The second kappa shape index (κ2) is 11.8. The highest BCUT2D eigenvalue weighted by molar-refractivity contribution is 5.87. The van der Waals surface area contributed by atoms with Crippen LogP contribution in [0.15, 0.2) is 48.7 Å². The third-order valence-corrected chi connectivity index (χ3v) is 8.74. The summed E-state index contributed by atoms with van der Waals surface area (Å²) in [4.78, 5) is 11.4. The summed E-state index contributed by atoms with van der Waals surface area (Å²) >= 11 is 0. The maximum absolute atomic E-state index is 11.7. The van der Waals surface area contributed by atoms with Gasteiger partial charge in [-0.2, -0.15) is 0 Å². The van der Waals surface area contributed by atoms with Crippen molar-refractivity contribution >= 4 is 16.6 Å². The number of nitrogens with zero attached hydrogens (tertiary/aromatic N) is 2. The van der Waals surface area contributed by atoms with E-state index >= 15 is 0 Å². The number of non-ortho nitro benzene ring substituents is 1. The van der Waals surface area contributed by atoms with Gasteiger partial charge in [0.1, 0.15) is 0 Å². The van der Waals surface area contributed by atoms with Gasteiger partial charge in [0.15, 0.2) is 0 Å². The predicted octanol–water partition coefficient (Wildman–Crippen LogP) is 6.82. The summed E-state index contributed by atoms with van der Waals surface area (Å²) in [5.41, 5.74) is 11.2. The monoisotopic (exact) mass is 502 g/mol. The zero-order valence-electron chi connectivity index (χ0n) is 22.2. The van der Waals surface area contributed by atoms with Gasteiger partial charge in [0.05, 0.1) is 4.92 Å². The molecule has 1 atom stereocenters. The average Bonchev–Trinajstić information content (AvgIpc) is 3.25. The third-order valence-electron chi connectivity index (χ3n) is 8.74. The van der Waals surface area contributed by atoms with Crippen molar-refractivity contribution in [3.63, 3.8) is 0 Å². The molecule has 0 saturated heterocycles. The fraction of sp³-hybridized carbons (Fsp3) is 0.548. The van der Waals surface area contributed by atoms with E-state index in [9.17, 15) is 10.1 Å². The van der Waals surface area contributed by atoms with Gasteiger partial charge in [-0.05, 0) is 81.5 Å². The Bertz CT molecular complexity index is 1210. The lowest BCUT2D eigenvalue weighted by Gasteiger charge is -2.28. The van der Waals surface area contributed by atoms with Crippen LogP contribution in [0.1, 0.15) is 86.8 Å². The van der Waals surface area contributed by atoms with Crippen LogP contribution in [0.25, 0.3) is 10.9 Å². The van der Waals surface area contributed by atoms with Gasteiger partial charge in [-0.1, -0.05) is 49.1 Å². The first-order valence-electron chi connectivity index (χ1n) is 14.3. The molecular formula is C31H42N4O2.